The zero-order valence-electron chi connectivity index (χ0n) is 12.4. The molecule has 2 rings (SSSR count). The molecule has 2 N–H and O–H groups in total. The van der Waals surface area contributed by atoms with Crippen molar-refractivity contribution in [2.75, 3.05) is 12.3 Å². The number of ketones is 1. The number of carbonyl (C=O) groups is 1. The van der Waals surface area contributed by atoms with Crippen LogP contribution in [0.3, 0.4) is 0 Å². The van der Waals surface area contributed by atoms with E-state index in [4.69, 9.17) is 5.73 Å². The van der Waals surface area contributed by atoms with Crippen LogP contribution in [0.4, 0.5) is 0 Å². The Balaban J connectivity index is 1.98. The summed E-state index contributed by atoms with van der Waals surface area (Å²) >= 11 is 1.91. The maximum Gasteiger partial charge on any atom is 0.164 e. The van der Waals surface area contributed by atoms with Crippen molar-refractivity contribution in [1.29, 1.82) is 0 Å². The first-order valence-corrected chi connectivity index (χ1v) is 8.65. The molecule has 1 saturated carbocycles. The second-order valence-electron chi connectivity index (χ2n) is 5.81. The summed E-state index contributed by atoms with van der Waals surface area (Å²) in [4.78, 5) is 13.2. The van der Waals surface area contributed by atoms with Gasteiger partial charge in [-0.25, -0.2) is 0 Å². The zero-order chi connectivity index (χ0) is 14.4. The Kier molecular flexibility index (Phi) is 6.11. The standard InChI is InChI=1S/C17H25NOS/c1-13-9-15(17(19)7-8-18)11-16(10-13)20-12-14-5-3-2-4-6-14/h9-11,14H,2-8,12,18H2,1H3. The van der Waals surface area contributed by atoms with Gasteiger partial charge in [-0.05, 0) is 56.0 Å². The summed E-state index contributed by atoms with van der Waals surface area (Å²) in [5.74, 6) is 2.21. The molecule has 1 aromatic carbocycles. The van der Waals surface area contributed by atoms with Crippen LogP contribution in [0, 0.1) is 12.8 Å². The quantitative estimate of drug-likeness (QED) is 0.631. The summed E-state index contributed by atoms with van der Waals surface area (Å²) in [6.07, 6.45) is 7.37. The van der Waals surface area contributed by atoms with Crippen molar-refractivity contribution < 1.29 is 4.79 Å². The number of hydrogen-bond acceptors (Lipinski definition) is 3. The van der Waals surface area contributed by atoms with Crippen molar-refractivity contribution in [3.63, 3.8) is 0 Å². The van der Waals surface area contributed by atoms with E-state index in [-0.39, 0.29) is 5.78 Å². The van der Waals surface area contributed by atoms with Crippen molar-refractivity contribution in [3.8, 4) is 0 Å². The highest BCUT2D eigenvalue weighted by molar-refractivity contribution is 7.99. The maximum absolute atomic E-state index is 12.0. The van der Waals surface area contributed by atoms with Crippen LogP contribution < -0.4 is 5.73 Å². The third-order valence-electron chi connectivity index (χ3n) is 3.95. The van der Waals surface area contributed by atoms with Gasteiger partial charge in [0.15, 0.2) is 5.78 Å². The van der Waals surface area contributed by atoms with Crippen molar-refractivity contribution in [2.45, 2.75) is 50.3 Å². The number of thioether (sulfide) groups is 1. The second kappa shape index (κ2) is 7.84. The average molecular weight is 291 g/mol. The van der Waals surface area contributed by atoms with E-state index in [2.05, 4.69) is 13.0 Å². The van der Waals surface area contributed by atoms with Crippen LogP contribution in [0.1, 0.15) is 54.4 Å². The monoisotopic (exact) mass is 291 g/mol. The first-order valence-electron chi connectivity index (χ1n) is 7.67. The SMILES string of the molecule is Cc1cc(SCC2CCCCC2)cc(C(=O)CCN)c1. The fraction of sp³-hybridized carbons (Fsp3) is 0.588. The summed E-state index contributed by atoms with van der Waals surface area (Å²) in [5.41, 5.74) is 7.46. The van der Waals surface area contributed by atoms with E-state index in [0.717, 1.165) is 11.5 Å². The summed E-state index contributed by atoms with van der Waals surface area (Å²) < 4.78 is 0. The van der Waals surface area contributed by atoms with E-state index in [1.165, 1.54) is 48.3 Å². The minimum atomic E-state index is 0.163. The predicted octanol–water partition coefficient (Wildman–Crippen LogP) is 4.20. The molecule has 0 amide bonds. The van der Waals surface area contributed by atoms with Crippen LogP contribution in [-0.4, -0.2) is 18.1 Å². The Hall–Kier alpha value is -0.800. The van der Waals surface area contributed by atoms with Crippen LogP contribution in [0.15, 0.2) is 23.1 Å². The molecule has 0 spiro atoms. The fourth-order valence-electron chi connectivity index (χ4n) is 2.84. The number of hydrogen-bond donors (Lipinski definition) is 1. The number of benzene rings is 1. The summed E-state index contributed by atoms with van der Waals surface area (Å²) in [6, 6.07) is 6.20. The molecular weight excluding hydrogens is 266 g/mol. The van der Waals surface area contributed by atoms with Crippen LogP contribution in [-0.2, 0) is 0 Å². The molecule has 0 bridgehead atoms. The Bertz CT molecular complexity index is 452. The van der Waals surface area contributed by atoms with Gasteiger partial charge < -0.3 is 5.73 Å². The molecule has 1 fully saturated rings. The number of carbonyl (C=O) groups excluding carboxylic acids is 1. The third kappa shape index (κ3) is 4.64. The van der Waals surface area contributed by atoms with Crippen LogP contribution in [0.25, 0.3) is 0 Å². The van der Waals surface area contributed by atoms with Crippen molar-refractivity contribution in [1.82, 2.24) is 0 Å². The van der Waals surface area contributed by atoms with Gasteiger partial charge in [0.05, 0.1) is 0 Å². The number of rotatable bonds is 6. The fourth-order valence-corrected chi connectivity index (χ4v) is 4.08. The van der Waals surface area contributed by atoms with Gasteiger partial charge in [-0.15, -0.1) is 11.8 Å². The minimum absolute atomic E-state index is 0.163. The Morgan fingerprint density at radius 2 is 2.00 bits per heavy atom. The highest BCUT2D eigenvalue weighted by atomic mass is 32.2. The highest BCUT2D eigenvalue weighted by Crippen LogP contribution is 2.30. The van der Waals surface area contributed by atoms with Gasteiger partial charge in [0, 0.05) is 22.6 Å². The number of aryl methyl sites for hydroxylation is 1. The van der Waals surface area contributed by atoms with E-state index in [1.807, 2.05) is 23.9 Å². The first-order chi connectivity index (χ1) is 9.69. The molecular formula is C17H25NOS. The van der Waals surface area contributed by atoms with E-state index >= 15 is 0 Å². The van der Waals surface area contributed by atoms with Gasteiger partial charge >= 0.3 is 0 Å². The predicted molar refractivity (Wildman–Crippen MR) is 86.5 cm³/mol. The van der Waals surface area contributed by atoms with Gasteiger partial charge in [-0.1, -0.05) is 19.3 Å². The van der Waals surface area contributed by atoms with Gasteiger partial charge in [0.25, 0.3) is 0 Å². The molecule has 0 aromatic heterocycles. The van der Waals surface area contributed by atoms with Crippen molar-refractivity contribution in [3.05, 3.63) is 29.3 Å². The maximum atomic E-state index is 12.0. The average Bonchev–Trinajstić information content (AvgIpc) is 2.46. The molecule has 0 atom stereocenters. The van der Waals surface area contributed by atoms with Crippen LogP contribution >= 0.6 is 11.8 Å². The number of Topliss-reactive ketones (excluding diaryl/α,β-unsaturated/α-hetero) is 1. The minimum Gasteiger partial charge on any atom is -0.330 e. The number of nitrogens with two attached hydrogens (primary N) is 1. The van der Waals surface area contributed by atoms with E-state index in [1.54, 1.807) is 0 Å². The summed E-state index contributed by atoms with van der Waals surface area (Å²) in [6.45, 7) is 2.49. The smallest absolute Gasteiger partial charge is 0.164 e. The van der Waals surface area contributed by atoms with Gasteiger partial charge in [0.2, 0.25) is 0 Å². The Labute approximate surface area is 126 Å². The molecule has 3 heteroatoms. The van der Waals surface area contributed by atoms with Crippen LogP contribution in [0.5, 0.6) is 0 Å². The normalized spacial score (nSPS) is 16.3. The third-order valence-corrected chi connectivity index (χ3v) is 5.16. The molecule has 0 unspecified atom stereocenters. The molecule has 2 nitrogen and oxygen atoms in total. The molecule has 0 radical (unpaired) electrons. The molecule has 1 aliphatic carbocycles. The first kappa shape index (κ1) is 15.6. The molecule has 1 aromatic rings. The second-order valence-corrected chi connectivity index (χ2v) is 6.91. The Morgan fingerprint density at radius 3 is 2.70 bits per heavy atom. The van der Waals surface area contributed by atoms with E-state index in [9.17, 15) is 4.79 Å². The molecule has 0 saturated heterocycles. The lowest BCUT2D eigenvalue weighted by molar-refractivity contribution is 0.0985. The lowest BCUT2D eigenvalue weighted by atomic mass is 9.91. The van der Waals surface area contributed by atoms with Crippen molar-refractivity contribution in [2.24, 2.45) is 11.7 Å². The Morgan fingerprint density at radius 1 is 1.25 bits per heavy atom. The highest BCUT2D eigenvalue weighted by Gasteiger charge is 2.14. The lowest BCUT2D eigenvalue weighted by Crippen LogP contribution is -2.09. The lowest BCUT2D eigenvalue weighted by Gasteiger charge is -2.21. The van der Waals surface area contributed by atoms with E-state index < -0.39 is 0 Å². The zero-order valence-corrected chi connectivity index (χ0v) is 13.2. The van der Waals surface area contributed by atoms with Gasteiger partial charge in [-0.3, -0.25) is 4.79 Å². The molecule has 0 aliphatic heterocycles. The summed E-state index contributed by atoms with van der Waals surface area (Å²) in [5, 5.41) is 0. The molecule has 20 heavy (non-hydrogen) atoms. The van der Waals surface area contributed by atoms with Crippen LogP contribution in [0.2, 0.25) is 0 Å². The molecule has 1 aliphatic rings. The van der Waals surface area contributed by atoms with Crippen molar-refractivity contribution >= 4 is 17.5 Å². The largest absolute Gasteiger partial charge is 0.330 e. The summed E-state index contributed by atoms with van der Waals surface area (Å²) in [7, 11) is 0. The van der Waals surface area contributed by atoms with E-state index in [0.29, 0.717) is 13.0 Å². The molecule has 110 valence electrons. The van der Waals surface area contributed by atoms with Gasteiger partial charge in [0.1, 0.15) is 0 Å². The molecule has 0 heterocycles. The topological polar surface area (TPSA) is 43.1 Å². The van der Waals surface area contributed by atoms with Gasteiger partial charge in [-0.2, -0.15) is 0 Å².